The zero-order chi connectivity index (χ0) is 20.4. The summed E-state index contributed by atoms with van der Waals surface area (Å²) in [6.07, 6.45) is 1.95. The molecular formula is C22H28FN3O2. The molecule has 0 spiro atoms. The lowest BCUT2D eigenvalue weighted by Crippen LogP contribution is -2.15. The summed E-state index contributed by atoms with van der Waals surface area (Å²) in [5.74, 6) is 0.883. The number of hydrogen-bond acceptors (Lipinski definition) is 4. The molecular weight excluding hydrogens is 357 g/mol. The van der Waals surface area contributed by atoms with Gasteiger partial charge in [-0.3, -0.25) is 0 Å². The SMILES string of the molecule is COC[C@H](CF)n1cc(C)c2nc(-c3ccc(C(C)C)nc3OC)c(C)cc21. The van der Waals surface area contributed by atoms with Crippen LogP contribution >= 0.6 is 0 Å². The summed E-state index contributed by atoms with van der Waals surface area (Å²) in [6.45, 7) is 8.02. The quantitative estimate of drug-likeness (QED) is 0.574. The lowest BCUT2D eigenvalue weighted by Gasteiger charge is -2.17. The van der Waals surface area contributed by atoms with E-state index in [0.717, 1.165) is 39.1 Å². The van der Waals surface area contributed by atoms with Crippen LogP contribution in [0.2, 0.25) is 0 Å². The first-order chi connectivity index (χ1) is 13.4. The van der Waals surface area contributed by atoms with Gasteiger partial charge in [-0.15, -0.1) is 0 Å². The fraction of sp³-hybridized carbons (Fsp3) is 0.455. The van der Waals surface area contributed by atoms with Crippen molar-refractivity contribution in [1.82, 2.24) is 14.5 Å². The van der Waals surface area contributed by atoms with Gasteiger partial charge in [0.2, 0.25) is 5.88 Å². The largest absolute Gasteiger partial charge is 0.480 e. The Morgan fingerprint density at radius 2 is 1.86 bits per heavy atom. The van der Waals surface area contributed by atoms with Crippen LogP contribution in [0.1, 0.15) is 42.6 Å². The highest BCUT2D eigenvalue weighted by molar-refractivity contribution is 5.85. The summed E-state index contributed by atoms with van der Waals surface area (Å²) < 4.78 is 26.2. The highest BCUT2D eigenvalue weighted by atomic mass is 19.1. The Morgan fingerprint density at radius 1 is 1.11 bits per heavy atom. The van der Waals surface area contributed by atoms with Crippen LogP contribution in [0, 0.1) is 13.8 Å². The molecule has 6 heteroatoms. The molecule has 3 rings (SSSR count). The molecule has 0 saturated carbocycles. The van der Waals surface area contributed by atoms with Crippen LogP contribution in [0.25, 0.3) is 22.3 Å². The third-order valence-electron chi connectivity index (χ3n) is 5.03. The monoisotopic (exact) mass is 385 g/mol. The summed E-state index contributed by atoms with van der Waals surface area (Å²) in [6, 6.07) is 5.72. The average molecular weight is 385 g/mol. The van der Waals surface area contributed by atoms with Crippen LogP contribution in [0.5, 0.6) is 5.88 Å². The maximum absolute atomic E-state index is 13.6. The number of pyridine rings is 2. The summed E-state index contributed by atoms with van der Waals surface area (Å²) in [5.41, 5.74) is 6.41. The molecule has 5 nitrogen and oxygen atoms in total. The van der Waals surface area contributed by atoms with Gasteiger partial charge >= 0.3 is 0 Å². The minimum absolute atomic E-state index is 0.314. The number of hydrogen-bond donors (Lipinski definition) is 0. The van der Waals surface area contributed by atoms with Gasteiger partial charge in [-0.05, 0) is 49.1 Å². The number of aromatic nitrogens is 3. The Balaban J connectivity index is 2.17. The molecule has 0 amide bonds. The minimum Gasteiger partial charge on any atom is -0.480 e. The predicted octanol–water partition coefficient (Wildman–Crippen LogP) is 5.00. The molecule has 3 heterocycles. The molecule has 3 aromatic heterocycles. The molecule has 28 heavy (non-hydrogen) atoms. The van der Waals surface area contributed by atoms with Crippen molar-refractivity contribution in [3.05, 3.63) is 41.2 Å². The number of aryl methyl sites for hydroxylation is 2. The van der Waals surface area contributed by atoms with Crippen LogP contribution in [-0.2, 0) is 4.74 Å². The lowest BCUT2D eigenvalue weighted by atomic mass is 10.0. The zero-order valence-electron chi connectivity index (χ0n) is 17.4. The van der Waals surface area contributed by atoms with E-state index in [4.69, 9.17) is 14.5 Å². The van der Waals surface area contributed by atoms with E-state index < -0.39 is 6.67 Å². The van der Waals surface area contributed by atoms with E-state index in [9.17, 15) is 4.39 Å². The summed E-state index contributed by atoms with van der Waals surface area (Å²) in [4.78, 5) is 9.57. The van der Waals surface area contributed by atoms with Gasteiger partial charge in [0.25, 0.3) is 0 Å². The van der Waals surface area contributed by atoms with Crippen molar-refractivity contribution < 1.29 is 13.9 Å². The van der Waals surface area contributed by atoms with Crippen molar-refractivity contribution in [3.8, 4) is 17.1 Å². The van der Waals surface area contributed by atoms with E-state index >= 15 is 0 Å². The first-order valence-corrected chi connectivity index (χ1v) is 9.50. The second-order valence-corrected chi connectivity index (χ2v) is 7.45. The van der Waals surface area contributed by atoms with Crippen LogP contribution in [-0.4, -0.2) is 42.0 Å². The Hall–Kier alpha value is -2.47. The maximum atomic E-state index is 13.6. The second-order valence-electron chi connectivity index (χ2n) is 7.45. The number of fused-ring (bicyclic) bond motifs is 1. The third-order valence-corrected chi connectivity index (χ3v) is 5.03. The number of alkyl halides is 1. The van der Waals surface area contributed by atoms with Gasteiger partial charge in [0.15, 0.2) is 0 Å². The lowest BCUT2D eigenvalue weighted by molar-refractivity contribution is 0.142. The molecule has 0 aliphatic rings. The molecule has 1 atom stereocenters. The van der Waals surface area contributed by atoms with Gasteiger partial charge in [0.1, 0.15) is 6.67 Å². The van der Waals surface area contributed by atoms with Crippen LogP contribution in [0.4, 0.5) is 4.39 Å². The molecule has 0 N–H and O–H groups in total. The van der Waals surface area contributed by atoms with Gasteiger partial charge in [-0.25, -0.2) is 14.4 Å². The Kier molecular flexibility index (Phi) is 5.98. The van der Waals surface area contributed by atoms with E-state index in [2.05, 4.69) is 24.9 Å². The molecule has 0 saturated heterocycles. The van der Waals surface area contributed by atoms with Crippen molar-refractivity contribution in [2.45, 2.75) is 39.7 Å². The van der Waals surface area contributed by atoms with Crippen molar-refractivity contribution in [3.63, 3.8) is 0 Å². The second kappa shape index (κ2) is 8.27. The topological polar surface area (TPSA) is 49.2 Å². The average Bonchev–Trinajstić information content (AvgIpc) is 3.00. The molecule has 0 aromatic carbocycles. The number of methoxy groups -OCH3 is 2. The first-order valence-electron chi connectivity index (χ1n) is 9.50. The number of ether oxygens (including phenoxy) is 2. The number of halogens is 1. The van der Waals surface area contributed by atoms with E-state index in [-0.39, 0.29) is 6.04 Å². The van der Waals surface area contributed by atoms with E-state index in [1.165, 1.54) is 0 Å². The Labute approximate surface area is 165 Å². The molecule has 0 bridgehead atoms. The number of nitrogens with zero attached hydrogens (tertiary/aromatic N) is 3. The third kappa shape index (κ3) is 3.61. The Bertz CT molecular complexity index is 982. The predicted molar refractivity (Wildman–Crippen MR) is 110 cm³/mol. The minimum atomic E-state index is -0.494. The molecule has 150 valence electrons. The van der Waals surface area contributed by atoms with Crippen LogP contribution in [0.15, 0.2) is 24.4 Å². The normalized spacial score (nSPS) is 12.7. The fourth-order valence-corrected chi connectivity index (χ4v) is 3.50. The number of rotatable bonds is 7. The van der Waals surface area contributed by atoms with E-state index in [1.807, 2.05) is 36.7 Å². The van der Waals surface area contributed by atoms with Gasteiger partial charge in [-0.2, -0.15) is 0 Å². The van der Waals surface area contributed by atoms with Gasteiger partial charge in [0.05, 0.1) is 42.0 Å². The van der Waals surface area contributed by atoms with Gasteiger partial charge in [-0.1, -0.05) is 13.8 Å². The highest BCUT2D eigenvalue weighted by Crippen LogP contribution is 2.34. The first kappa shape index (κ1) is 20.3. The standard InChI is InChI=1S/C22H28FN3O2/c1-13(2)18-8-7-17(22(24-18)28-6)20-14(3)9-19-21(25-20)15(4)11-26(19)16(10-23)12-27-5/h7-9,11,13,16H,10,12H2,1-6H3/t16-/m0/s1. The summed E-state index contributed by atoms with van der Waals surface area (Å²) in [5, 5.41) is 0. The smallest absolute Gasteiger partial charge is 0.222 e. The summed E-state index contributed by atoms with van der Waals surface area (Å²) in [7, 11) is 3.21. The molecule has 3 aromatic rings. The maximum Gasteiger partial charge on any atom is 0.222 e. The molecule has 0 aliphatic carbocycles. The molecule has 0 radical (unpaired) electrons. The molecule has 0 fully saturated rings. The Morgan fingerprint density at radius 3 is 2.46 bits per heavy atom. The van der Waals surface area contributed by atoms with Crippen molar-refractivity contribution in [1.29, 1.82) is 0 Å². The van der Waals surface area contributed by atoms with Crippen molar-refractivity contribution in [2.75, 3.05) is 27.5 Å². The fourth-order valence-electron chi connectivity index (χ4n) is 3.50. The van der Waals surface area contributed by atoms with Crippen molar-refractivity contribution >= 4 is 11.0 Å². The van der Waals surface area contributed by atoms with Gasteiger partial charge in [0, 0.05) is 19.0 Å². The highest BCUT2D eigenvalue weighted by Gasteiger charge is 2.20. The van der Waals surface area contributed by atoms with Crippen molar-refractivity contribution in [2.24, 2.45) is 0 Å². The van der Waals surface area contributed by atoms with Crippen LogP contribution < -0.4 is 4.74 Å². The van der Waals surface area contributed by atoms with Crippen LogP contribution in [0.3, 0.4) is 0 Å². The molecule has 0 unspecified atom stereocenters. The molecule has 0 aliphatic heterocycles. The summed E-state index contributed by atoms with van der Waals surface area (Å²) >= 11 is 0. The van der Waals surface area contributed by atoms with E-state index in [0.29, 0.717) is 18.4 Å². The van der Waals surface area contributed by atoms with Gasteiger partial charge < -0.3 is 14.0 Å². The van der Waals surface area contributed by atoms with E-state index in [1.54, 1.807) is 14.2 Å². The zero-order valence-corrected chi connectivity index (χ0v) is 17.4.